The zero-order valence-electron chi connectivity index (χ0n) is 13.2. The van der Waals surface area contributed by atoms with Gasteiger partial charge >= 0.3 is 0 Å². The van der Waals surface area contributed by atoms with Crippen LogP contribution in [0.5, 0.6) is 0 Å². The molecule has 1 aliphatic heterocycles. The predicted molar refractivity (Wildman–Crippen MR) is 91.7 cm³/mol. The molecule has 0 bridgehead atoms. The van der Waals surface area contributed by atoms with E-state index in [0.29, 0.717) is 22.5 Å². The van der Waals surface area contributed by atoms with Crippen LogP contribution in [0, 0.1) is 6.92 Å². The number of aryl methyl sites for hydroxylation is 1. The van der Waals surface area contributed by atoms with Crippen molar-refractivity contribution in [3.05, 3.63) is 95.3 Å². The summed E-state index contributed by atoms with van der Waals surface area (Å²) in [5, 5.41) is 11.6. The number of hydrogen-bond donors (Lipinski definition) is 1. The molecule has 4 nitrogen and oxygen atoms in total. The largest absolute Gasteiger partial charge is 0.362 e. The van der Waals surface area contributed by atoms with Crippen LogP contribution in [-0.4, -0.2) is 16.0 Å². The van der Waals surface area contributed by atoms with Gasteiger partial charge in [-0.25, -0.2) is 0 Å². The summed E-state index contributed by atoms with van der Waals surface area (Å²) < 4.78 is 0. The minimum atomic E-state index is -1.62. The first kappa shape index (κ1) is 14.6. The molecule has 0 aliphatic carbocycles. The summed E-state index contributed by atoms with van der Waals surface area (Å²) in [6.07, 6.45) is 1.62. The van der Waals surface area contributed by atoms with Crippen LogP contribution in [0.1, 0.15) is 27.2 Å². The maximum absolute atomic E-state index is 13.0. The van der Waals surface area contributed by atoms with E-state index in [-0.39, 0.29) is 5.91 Å². The summed E-state index contributed by atoms with van der Waals surface area (Å²) in [5.74, 6) is -0.234. The molecular weight excluding hydrogens is 300 g/mol. The highest BCUT2D eigenvalue weighted by atomic mass is 16.3. The number of fused-ring (bicyclic) bond motifs is 1. The Morgan fingerprint density at radius 2 is 1.67 bits per heavy atom. The van der Waals surface area contributed by atoms with Crippen molar-refractivity contribution in [2.75, 3.05) is 4.90 Å². The average molecular weight is 316 g/mol. The van der Waals surface area contributed by atoms with E-state index in [1.807, 2.05) is 37.3 Å². The van der Waals surface area contributed by atoms with Crippen molar-refractivity contribution >= 4 is 11.6 Å². The molecule has 3 aromatic rings. The number of pyridine rings is 1. The highest BCUT2D eigenvalue weighted by molar-refractivity contribution is 6.12. The van der Waals surface area contributed by atoms with Gasteiger partial charge < -0.3 is 5.11 Å². The monoisotopic (exact) mass is 316 g/mol. The zero-order valence-corrected chi connectivity index (χ0v) is 13.2. The van der Waals surface area contributed by atoms with Crippen molar-refractivity contribution < 1.29 is 9.90 Å². The molecule has 0 spiro atoms. The molecule has 1 amide bonds. The molecule has 4 rings (SSSR count). The zero-order chi connectivity index (χ0) is 16.7. The minimum Gasteiger partial charge on any atom is -0.362 e. The maximum atomic E-state index is 13.0. The smallest absolute Gasteiger partial charge is 0.261 e. The van der Waals surface area contributed by atoms with Gasteiger partial charge in [-0.2, -0.15) is 0 Å². The average Bonchev–Trinajstić information content (AvgIpc) is 2.86. The van der Waals surface area contributed by atoms with Gasteiger partial charge in [0.1, 0.15) is 0 Å². The topological polar surface area (TPSA) is 53.4 Å². The number of carbonyl (C=O) groups is 1. The second-order valence-corrected chi connectivity index (χ2v) is 5.91. The molecule has 2 aromatic carbocycles. The number of benzene rings is 2. The molecule has 1 atom stereocenters. The lowest BCUT2D eigenvalue weighted by Crippen LogP contribution is -2.45. The number of rotatable bonds is 2. The second-order valence-electron chi connectivity index (χ2n) is 5.91. The van der Waals surface area contributed by atoms with Crippen LogP contribution in [0.25, 0.3) is 0 Å². The van der Waals surface area contributed by atoms with Crippen LogP contribution >= 0.6 is 0 Å². The Bertz CT molecular complexity index is 906. The highest BCUT2D eigenvalue weighted by Gasteiger charge is 2.51. The normalized spacial score (nSPS) is 19.4. The quantitative estimate of drug-likeness (QED) is 0.789. The van der Waals surface area contributed by atoms with Crippen molar-refractivity contribution in [2.24, 2.45) is 0 Å². The van der Waals surface area contributed by atoms with Gasteiger partial charge in [-0.05, 0) is 37.3 Å². The number of aromatic nitrogens is 1. The second kappa shape index (κ2) is 5.28. The lowest BCUT2D eigenvalue weighted by molar-refractivity contribution is 0.0677. The molecule has 1 aromatic heterocycles. The summed E-state index contributed by atoms with van der Waals surface area (Å²) in [6.45, 7) is 1.98. The Morgan fingerprint density at radius 3 is 2.38 bits per heavy atom. The molecule has 0 saturated carbocycles. The first-order valence-electron chi connectivity index (χ1n) is 7.77. The van der Waals surface area contributed by atoms with Gasteiger partial charge in [0.2, 0.25) is 5.72 Å². The van der Waals surface area contributed by atoms with Gasteiger partial charge in [-0.3, -0.25) is 14.7 Å². The standard InChI is InChI=1S/C20H16N2O2/c1-14-9-11-15(12-10-14)22-19(23)16-6-2-3-7-17(16)20(22,24)18-8-4-5-13-21-18/h2-13,24H,1H3. The molecule has 118 valence electrons. The maximum Gasteiger partial charge on any atom is 0.261 e. The molecule has 0 saturated heterocycles. The SMILES string of the molecule is Cc1ccc(N2C(=O)c3ccccc3C2(O)c2ccccn2)cc1. The first-order chi connectivity index (χ1) is 11.6. The summed E-state index contributed by atoms with van der Waals surface area (Å²) in [5.41, 5.74) is 1.56. The van der Waals surface area contributed by atoms with Gasteiger partial charge in [0.05, 0.1) is 5.69 Å². The third-order valence-electron chi connectivity index (χ3n) is 4.37. The Morgan fingerprint density at radius 1 is 0.958 bits per heavy atom. The predicted octanol–water partition coefficient (Wildman–Crippen LogP) is 3.24. The van der Waals surface area contributed by atoms with Gasteiger partial charge in [-0.15, -0.1) is 0 Å². The van der Waals surface area contributed by atoms with Crippen LogP contribution in [-0.2, 0) is 5.72 Å². The van der Waals surface area contributed by atoms with E-state index < -0.39 is 5.72 Å². The van der Waals surface area contributed by atoms with E-state index in [1.165, 1.54) is 4.90 Å². The number of anilines is 1. The van der Waals surface area contributed by atoms with Crippen molar-refractivity contribution in [1.29, 1.82) is 0 Å². The van der Waals surface area contributed by atoms with Crippen LogP contribution in [0.4, 0.5) is 5.69 Å². The molecule has 24 heavy (non-hydrogen) atoms. The van der Waals surface area contributed by atoms with Crippen molar-refractivity contribution in [3.8, 4) is 0 Å². The fourth-order valence-electron chi connectivity index (χ4n) is 3.18. The Labute approximate surface area is 140 Å². The molecule has 2 heterocycles. The van der Waals surface area contributed by atoms with Gasteiger partial charge in [0.25, 0.3) is 5.91 Å². The molecule has 1 unspecified atom stereocenters. The molecular formula is C20H16N2O2. The Balaban J connectivity index is 1.98. The van der Waals surface area contributed by atoms with Crippen LogP contribution in [0.3, 0.4) is 0 Å². The van der Waals surface area contributed by atoms with Crippen molar-refractivity contribution in [3.63, 3.8) is 0 Å². The fourth-order valence-corrected chi connectivity index (χ4v) is 3.18. The summed E-state index contributed by atoms with van der Waals surface area (Å²) in [4.78, 5) is 18.7. The lowest BCUT2D eigenvalue weighted by Gasteiger charge is -2.33. The molecule has 1 N–H and O–H groups in total. The highest BCUT2D eigenvalue weighted by Crippen LogP contribution is 2.43. The van der Waals surface area contributed by atoms with E-state index in [4.69, 9.17) is 0 Å². The summed E-state index contributed by atoms with van der Waals surface area (Å²) in [7, 11) is 0. The van der Waals surface area contributed by atoms with Crippen molar-refractivity contribution in [2.45, 2.75) is 12.6 Å². The number of amides is 1. The summed E-state index contributed by atoms with van der Waals surface area (Å²) in [6, 6.07) is 20.0. The number of nitrogens with zero attached hydrogens (tertiary/aromatic N) is 2. The van der Waals surface area contributed by atoms with E-state index in [1.54, 1.807) is 42.6 Å². The fraction of sp³-hybridized carbons (Fsp3) is 0.100. The van der Waals surface area contributed by atoms with Crippen LogP contribution in [0.15, 0.2) is 72.9 Å². The van der Waals surface area contributed by atoms with E-state index in [0.717, 1.165) is 5.56 Å². The summed E-state index contributed by atoms with van der Waals surface area (Å²) >= 11 is 0. The number of hydrogen-bond acceptors (Lipinski definition) is 3. The molecule has 1 aliphatic rings. The van der Waals surface area contributed by atoms with E-state index >= 15 is 0 Å². The number of carbonyl (C=O) groups excluding carboxylic acids is 1. The minimum absolute atomic E-state index is 0.234. The van der Waals surface area contributed by atoms with Crippen molar-refractivity contribution in [1.82, 2.24) is 4.98 Å². The van der Waals surface area contributed by atoms with Gasteiger partial charge in [0, 0.05) is 23.0 Å². The van der Waals surface area contributed by atoms with Crippen LogP contribution < -0.4 is 4.90 Å². The van der Waals surface area contributed by atoms with Gasteiger partial charge in [0.15, 0.2) is 0 Å². The van der Waals surface area contributed by atoms with Gasteiger partial charge in [-0.1, -0.05) is 42.0 Å². The molecule has 4 heteroatoms. The lowest BCUT2D eigenvalue weighted by atomic mass is 9.97. The Hall–Kier alpha value is -2.98. The van der Waals surface area contributed by atoms with E-state index in [9.17, 15) is 9.90 Å². The van der Waals surface area contributed by atoms with Crippen LogP contribution in [0.2, 0.25) is 0 Å². The Kier molecular flexibility index (Phi) is 3.22. The molecule has 0 fully saturated rings. The molecule has 0 radical (unpaired) electrons. The van der Waals surface area contributed by atoms with E-state index in [2.05, 4.69) is 4.98 Å². The third-order valence-corrected chi connectivity index (χ3v) is 4.37. The third kappa shape index (κ3) is 1.97. The number of aliphatic hydroxyl groups is 1. The first-order valence-corrected chi connectivity index (χ1v) is 7.77.